The van der Waals surface area contributed by atoms with Gasteiger partial charge in [0.25, 0.3) is 0 Å². The van der Waals surface area contributed by atoms with Gasteiger partial charge in [-0.2, -0.15) is 0 Å². The van der Waals surface area contributed by atoms with Gasteiger partial charge >= 0.3 is 0 Å². The number of likely N-dealkylation sites (tertiary alicyclic amines) is 1. The number of rotatable bonds is 11. The largest absolute Gasteiger partial charge is 0.497 e. The first kappa shape index (κ1) is 32.1. The zero-order valence-corrected chi connectivity index (χ0v) is 22.8. The van der Waals surface area contributed by atoms with Crippen molar-refractivity contribution in [2.45, 2.75) is 58.3 Å². The van der Waals surface area contributed by atoms with E-state index in [0.29, 0.717) is 0 Å². The molecule has 0 radical (unpaired) electrons. The molecule has 2 heterocycles. The zero-order valence-electron chi connectivity index (χ0n) is 22.0. The molecule has 0 saturated carbocycles. The van der Waals surface area contributed by atoms with Crippen molar-refractivity contribution in [2.24, 2.45) is 5.73 Å². The van der Waals surface area contributed by atoms with E-state index < -0.39 is 0 Å². The van der Waals surface area contributed by atoms with Crippen LogP contribution in [0.1, 0.15) is 60.3 Å². The third-order valence-electron chi connectivity index (χ3n) is 5.53. The molecule has 4 nitrogen and oxygen atoms in total. The SMILES string of the molecule is C=CCCCCC(=C)c1ccc(OC)cc1.CN.CO.Cc1ccc(CCCN2CCCC2)s1. The maximum absolute atomic E-state index is 7.00. The molecule has 2 aromatic rings. The first-order chi connectivity index (χ1) is 16.6. The highest BCUT2D eigenvalue weighted by molar-refractivity contribution is 7.11. The molecule has 3 N–H and O–H groups in total. The molecule has 3 rings (SSSR count). The second-order valence-electron chi connectivity index (χ2n) is 8.03. The molecule has 0 amide bonds. The highest BCUT2D eigenvalue weighted by Crippen LogP contribution is 2.22. The van der Waals surface area contributed by atoms with Crippen LogP contribution in [0, 0.1) is 6.92 Å². The van der Waals surface area contributed by atoms with E-state index in [2.05, 4.69) is 55.0 Å². The number of allylic oxidation sites excluding steroid dienone is 2. The minimum atomic E-state index is 0.892. The number of aliphatic hydroxyl groups is 1. The predicted molar refractivity (Wildman–Crippen MR) is 152 cm³/mol. The fourth-order valence-electron chi connectivity index (χ4n) is 3.70. The van der Waals surface area contributed by atoms with Gasteiger partial charge in [0.05, 0.1) is 7.11 Å². The van der Waals surface area contributed by atoms with E-state index in [1.165, 1.54) is 81.2 Å². The lowest BCUT2D eigenvalue weighted by atomic mass is 10.0. The average molecular weight is 489 g/mol. The number of benzene rings is 1. The Morgan fingerprint density at radius 1 is 1.06 bits per heavy atom. The Bertz CT molecular complexity index is 750. The molecule has 34 heavy (non-hydrogen) atoms. The summed E-state index contributed by atoms with van der Waals surface area (Å²) in [6.07, 6.45) is 11.9. The van der Waals surface area contributed by atoms with Crippen molar-refractivity contribution in [1.29, 1.82) is 0 Å². The molecule has 0 bridgehead atoms. The van der Waals surface area contributed by atoms with Crippen LogP contribution < -0.4 is 10.5 Å². The second-order valence-corrected chi connectivity index (χ2v) is 9.40. The number of hydrogen-bond acceptors (Lipinski definition) is 5. The first-order valence-electron chi connectivity index (χ1n) is 12.4. The molecule has 0 atom stereocenters. The normalized spacial score (nSPS) is 12.3. The molecule has 1 aromatic carbocycles. The Labute approximate surface area is 213 Å². The number of aliphatic hydroxyl groups excluding tert-OH is 1. The topological polar surface area (TPSA) is 58.7 Å². The van der Waals surface area contributed by atoms with Gasteiger partial charge in [-0.3, -0.25) is 0 Å². The van der Waals surface area contributed by atoms with Gasteiger partial charge in [0.15, 0.2) is 0 Å². The summed E-state index contributed by atoms with van der Waals surface area (Å²) in [7, 11) is 4.18. The van der Waals surface area contributed by atoms with Crippen LogP contribution in [0.4, 0.5) is 0 Å². The van der Waals surface area contributed by atoms with E-state index >= 15 is 0 Å². The van der Waals surface area contributed by atoms with Gasteiger partial charge in [0.1, 0.15) is 5.75 Å². The number of methoxy groups -OCH3 is 1. The summed E-state index contributed by atoms with van der Waals surface area (Å²) in [5.74, 6) is 0.892. The van der Waals surface area contributed by atoms with Gasteiger partial charge in [-0.15, -0.1) is 17.9 Å². The number of nitrogens with zero attached hydrogens (tertiary/aromatic N) is 1. The molecule has 192 valence electrons. The van der Waals surface area contributed by atoms with Crippen LogP contribution in [-0.2, 0) is 6.42 Å². The Kier molecular flexibility index (Phi) is 20.4. The molecule has 5 heteroatoms. The van der Waals surface area contributed by atoms with Crippen LogP contribution >= 0.6 is 11.3 Å². The maximum Gasteiger partial charge on any atom is 0.118 e. The molecular formula is C29H48N2O2S. The quantitative estimate of drug-likeness (QED) is 0.272. The molecule has 1 saturated heterocycles. The number of aryl methyl sites for hydroxylation is 2. The standard InChI is InChI=1S/C15H20O.C12H19NS.CH5N.CH4O/c1-4-5-6-7-8-13(2)14-9-11-15(16-3)12-10-14;1-11-6-7-12(14-11)5-4-10-13-8-2-3-9-13;2*1-2/h4,9-12H,1-2,5-8H2,3H3;6-7H,2-5,8-10H2,1H3;2H2,1H3;2H,1H3. The van der Waals surface area contributed by atoms with Crippen molar-refractivity contribution in [3.05, 3.63) is 70.9 Å². The molecule has 1 aliphatic heterocycles. The summed E-state index contributed by atoms with van der Waals surface area (Å²) in [5, 5.41) is 7.00. The smallest absolute Gasteiger partial charge is 0.118 e. The fraction of sp³-hybridized carbons (Fsp3) is 0.517. The molecule has 0 spiro atoms. The molecule has 0 unspecified atom stereocenters. The lowest BCUT2D eigenvalue weighted by Crippen LogP contribution is -2.20. The minimum absolute atomic E-state index is 0.892. The van der Waals surface area contributed by atoms with Crippen molar-refractivity contribution in [2.75, 3.05) is 40.9 Å². The van der Waals surface area contributed by atoms with E-state index in [1.807, 2.05) is 29.5 Å². The van der Waals surface area contributed by atoms with Gasteiger partial charge in [0.2, 0.25) is 0 Å². The molecular weight excluding hydrogens is 440 g/mol. The van der Waals surface area contributed by atoms with Crippen LogP contribution in [0.2, 0.25) is 0 Å². The monoisotopic (exact) mass is 488 g/mol. The van der Waals surface area contributed by atoms with Gasteiger partial charge in [0, 0.05) is 16.9 Å². The van der Waals surface area contributed by atoms with Crippen molar-refractivity contribution < 1.29 is 9.84 Å². The van der Waals surface area contributed by atoms with Crippen LogP contribution in [0.25, 0.3) is 5.57 Å². The summed E-state index contributed by atoms with van der Waals surface area (Å²) in [4.78, 5) is 5.60. The predicted octanol–water partition coefficient (Wildman–Crippen LogP) is 6.72. The van der Waals surface area contributed by atoms with Gasteiger partial charge < -0.3 is 20.5 Å². The van der Waals surface area contributed by atoms with E-state index in [0.717, 1.165) is 25.7 Å². The molecule has 0 aliphatic carbocycles. The third-order valence-corrected chi connectivity index (χ3v) is 6.59. The van der Waals surface area contributed by atoms with Crippen LogP contribution in [0.5, 0.6) is 5.75 Å². The fourth-order valence-corrected chi connectivity index (χ4v) is 4.63. The molecule has 1 aliphatic rings. The minimum Gasteiger partial charge on any atom is -0.497 e. The van der Waals surface area contributed by atoms with Crippen LogP contribution in [0.3, 0.4) is 0 Å². The summed E-state index contributed by atoms with van der Waals surface area (Å²) in [6, 6.07) is 12.6. The van der Waals surface area contributed by atoms with E-state index in [4.69, 9.17) is 9.84 Å². The summed E-state index contributed by atoms with van der Waals surface area (Å²) in [5.41, 5.74) is 6.91. The van der Waals surface area contributed by atoms with E-state index in [-0.39, 0.29) is 0 Å². The molecule has 1 fully saturated rings. The highest BCUT2D eigenvalue weighted by atomic mass is 32.1. The Hall–Kier alpha value is -1.92. The highest BCUT2D eigenvalue weighted by Gasteiger charge is 2.10. The Balaban J connectivity index is 0.000000561. The van der Waals surface area contributed by atoms with Crippen LogP contribution in [-0.4, -0.2) is 50.9 Å². The van der Waals surface area contributed by atoms with Crippen molar-refractivity contribution in [1.82, 2.24) is 4.90 Å². The third kappa shape index (κ3) is 14.4. The molecule has 1 aromatic heterocycles. The lowest BCUT2D eigenvalue weighted by Gasteiger charge is -2.13. The first-order valence-corrected chi connectivity index (χ1v) is 13.2. The van der Waals surface area contributed by atoms with Crippen LogP contribution in [0.15, 0.2) is 55.6 Å². The Morgan fingerprint density at radius 3 is 2.24 bits per heavy atom. The number of hydrogen-bond donors (Lipinski definition) is 2. The number of nitrogens with two attached hydrogens (primary N) is 1. The maximum atomic E-state index is 7.00. The Morgan fingerprint density at radius 2 is 1.71 bits per heavy atom. The average Bonchev–Trinajstić information content (AvgIpc) is 3.56. The van der Waals surface area contributed by atoms with Gasteiger partial charge in [-0.05, 0) is 120 Å². The zero-order chi connectivity index (χ0) is 25.6. The summed E-state index contributed by atoms with van der Waals surface area (Å²) in [6.45, 7) is 14.0. The van der Waals surface area contributed by atoms with Crippen molar-refractivity contribution in [3.63, 3.8) is 0 Å². The summed E-state index contributed by atoms with van der Waals surface area (Å²) >= 11 is 1.95. The number of ether oxygens (including phenoxy) is 1. The second kappa shape index (κ2) is 21.6. The summed E-state index contributed by atoms with van der Waals surface area (Å²) < 4.78 is 5.12. The van der Waals surface area contributed by atoms with Gasteiger partial charge in [-0.1, -0.05) is 24.8 Å². The van der Waals surface area contributed by atoms with E-state index in [9.17, 15) is 0 Å². The van der Waals surface area contributed by atoms with Crippen molar-refractivity contribution >= 4 is 16.9 Å². The lowest BCUT2D eigenvalue weighted by molar-refractivity contribution is 0.334. The van der Waals surface area contributed by atoms with Gasteiger partial charge in [-0.25, -0.2) is 0 Å². The number of thiophene rings is 1. The van der Waals surface area contributed by atoms with Crippen molar-refractivity contribution in [3.8, 4) is 5.75 Å². The van der Waals surface area contributed by atoms with E-state index in [1.54, 1.807) is 12.0 Å². The number of unbranched alkanes of at least 4 members (excludes halogenated alkanes) is 2.